The number of rotatable bonds is 7. The summed E-state index contributed by atoms with van der Waals surface area (Å²) in [5, 5.41) is 13.5. The molecule has 9 nitrogen and oxygen atoms in total. The molecule has 0 spiro atoms. The summed E-state index contributed by atoms with van der Waals surface area (Å²) in [4.78, 5) is 26.8. The molecule has 0 saturated carbocycles. The number of halogens is 1. The molecular formula is C21H21FN4O5. The van der Waals surface area contributed by atoms with Gasteiger partial charge < -0.3 is 19.1 Å². The maximum absolute atomic E-state index is 13.2. The van der Waals surface area contributed by atoms with E-state index in [1.165, 1.54) is 18.2 Å². The molecule has 1 saturated heterocycles. The molecule has 4 rings (SSSR count). The Morgan fingerprint density at radius 1 is 1.13 bits per heavy atom. The molecule has 0 bridgehead atoms. The number of hydrogen-bond acceptors (Lipinski definition) is 7. The van der Waals surface area contributed by atoms with Gasteiger partial charge in [0.15, 0.2) is 5.76 Å². The van der Waals surface area contributed by atoms with Crippen molar-refractivity contribution in [2.75, 3.05) is 37.6 Å². The van der Waals surface area contributed by atoms with Gasteiger partial charge in [0.2, 0.25) is 0 Å². The zero-order valence-electron chi connectivity index (χ0n) is 16.6. The minimum Gasteiger partial charge on any atom is -0.468 e. The molecule has 3 heterocycles. The summed E-state index contributed by atoms with van der Waals surface area (Å²) in [6.45, 7) is 3.15. The molecule has 31 heavy (non-hydrogen) atoms. The third-order valence-electron chi connectivity index (χ3n) is 5.27. The molecule has 0 radical (unpaired) electrons. The number of furan rings is 2. The summed E-state index contributed by atoms with van der Waals surface area (Å²) in [6.07, 6.45) is 1.58. The second kappa shape index (κ2) is 9.00. The van der Waals surface area contributed by atoms with E-state index in [1.54, 1.807) is 24.5 Å². The lowest BCUT2D eigenvalue weighted by Gasteiger charge is -2.39. The van der Waals surface area contributed by atoms with Gasteiger partial charge in [0.25, 0.3) is 5.91 Å². The molecule has 1 aromatic carbocycles. The summed E-state index contributed by atoms with van der Waals surface area (Å²) in [7, 11) is 0. The molecule has 1 aliphatic heterocycles. The van der Waals surface area contributed by atoms with Crippen molar-refractivity contribution in [3.05, 3.63) is 82.2 Å². The van der Waals surface area contributed by atoms with E-state index in [0.29, 0.717) is 18.8 Å². The molecule has 1 aliphatic rings. The highest BCUT2D eigenvalue weighted by Crippen LogP contribution is 2.25. The number of amides is 1. The van der Waals surface area contributed by atoms with E-state index >= 15 is 0 Å². The summed E-state index contributed by atoms with van der Waals surface area (Å²) >= 11 is 0. The second-order valence-electron chi connectivity index (χ2n) is 7.14. The number of anilines is 1. The summed E-state index contributed by atoms with van der Waals surface area (Å²) < 4.78 is 23.7. The minimum absolute atomic E-state index is 0.119. The van der Waals surface area contributed by atoms with E-state index in [1.807, 2.05) is 6.07 Å². The summed E-state index contributed by atoms with van der Waals surface area (Å²) in [6, 6.07) is 12.3. The first-order chi connectivity index (χ1) is 15.0. The number of piperazine rings is 1. The Morgan fingerprint density at radius 3 is 2.48 bits per heavy atom. The average molecular weight is 428 g/mol. The Labute approximate surface area is 177 Å². The van der Waals surface area contributed by atoms with Crippen molar-refractivity contribution >= 4 is 17.5 Å². The fourth-order valence-corrected chi connectivity index (χ4v) is 3.66. The van der Waals surface area contributed by atoms with Crippen molar-refractivity contribution in [2.45, 2.75) is 6.04 Å². The first kappa shape index (κ1) is 20.6. The van der Waals surface area contributed by atoms with Gasteiger partial charge in [0.1, 0.15) is 16.5 Å². The molecule has 0 aliphatic carbocycles. The van der Waals surface area contributed by atoms with Crippen LogP contribution in [-0.2, 0) is 0 Å². The lowest BCUT2D eigenvalue weighted by atomic mass is 10.1. The highest BCUT2D eigenvalue weighted by molar-refractivity contribution is 5.91. The van der Waals surface area contributed by atoms with Gasteiger partial charge in [0.05, 0.1) is 18.4 Å². The van der Waals surface area contributed by atoms with E-state index in [-0.39, 0.29) is 24.2 Å². The van der Waals surface area contributed by atoms with E-state index in [9.17, 15) is 19.3 Å². The fourth-order valence-electron chi connectivity index (χ4n) is 3.66. The maximum atomic E-state index is 13.2. The predicted octanol–water partition coefficient (Wildman–Crippen LogP) is 3.21. The van der Waals surface area contributed by atoms with Gasteiger partial charge in [-0.1, -0.05) is 0 Å². The van der Waals surface area contributed by atoms with Crippen molar-refractivity contribution in [1.29, 1.82) is 0 Å². The van der Waals surface area contributed by atoms with E-state index in [2.05, 4.69) is 15.1 Å². The van der Waals surface area contributed by atoms with Crippen molar-refractivity contribution in [2.24, 2.45) is 0 Å². The average Bonchev–Trinajstić information content (AvgIpc) is 3.48. The van der Waals surface area contributed by atoms with Gasteiger partial charge >= 0.3 is 5.88 Å². The first-order valence-corrected chi connectivity index (χ1v) is 9.81. The highest BCUT2D eigenvalue weighted by Gasteiger charge is 2.28. The smallest absolute Gasteiger partial charge is 0.433 e. The topological polar surface area (TPSA) is 105 Å². The molecule has 2 aromatic heterocycles. The monoisotopic (exact) mass is 428 g/mol. The van der Waals surface area contributed by atoms with Gasteiger partial charge in [-0.05, 0) is 42.5 Å². The molecule has 1 unspecified atom stereocenters. The Hall–Kier alpha value is -3.66. The summed E-state index contributed by atoms with van der Waals surface area (Å²) in [5.74, 6) is -0.691. The van der Waals surface area contributed by atoms with Crippen LogP contribution in [0.15, 0.2) is 63.6 Å². The minimum atomic E-state index is -0.691. The standard InChI is InChI=1S/C21H21FN4O5/c22-15-3-5-16(6-4-15)24-9-11-25(12-10-24)17(18-2-1-13-30-18)14-23-21(27)19-7-8-20(31-19)26(28)29/h1-8,13,17H,9-12,14H2,(H,23,27). The van der Waals surface area contributed by atoms with E-state index < -0.39 is 16.7 Å². The summed E-state index contributed by atoms with van der Waals surface area (Å²) in [5.41, 5.74) is 0.961. The number of nitrogens with one attached hydrogen (secondary N) is 1. The number of hydrogen-bond donors (Lipinski definition) is 1. The second-order valence-corrected chi connectivity index (χ2v) is 7.14. The Bertz CT molecular complexity index is 1030. The number of carbonyl (C=O) groups is 1. The lowest BCUT2D eigenvalue weighted by molar-refractivity contribution is -0.402. The number of nitrogens with zero attached hydrogens (tertiary/aromatic N) is 3. The normalized spacial score (nSPS) is 15.6. The van der Waals surface area contributed by atoms with Crippen LogP contribution in [0, 0.1) is 15.9 Å². The molecule has 1 amide bonds. The van der Waals surface area contributed by atoms with E-state index in [4.69, 9.17) is 8.83 Å². The zero-order chi connectivity index (χ0) is 21.8. The van der Waals surface area contributed by atoms with Gasteiger partial charge in [-0.25, -0.2) is 4.39 Å². The van der Waals surface area contributed by atoms with Gasteiger partial charge in [0, 0.05) is 38.4 Å². The van der Waals surface area contributed by atoms with Crippen LogP contribution in [0.4, 0.5) is 16.0 Å². The van der Waals surface area contributed by atoms with Crippen LogP contribution in [-0.4, -0.2) is 48.5 Å². The molecule has 162 valence electrons. The van der Waals surface area contributed by atoms with Gasteiger partial charge in [-0.15, -0.1) is 0 Å². The van der Waals surface area contributed by atoms with Crippen LogP contribution >= 0.6 is 0 Å². The van der Waals surface area contributed by atoms with Crippen LogP contribution in [0.2, 0.25) is 0 Å². The van der Waals surface area contributed by atoms with Crippen LogP contribution in [0.1, 0.15) is 22.4 Å². The first-order valence-electron chi connectivity index (χ1n) is 9.81. The number of benzene rings is 1. The van der Waals surface area contributed by atoms with Crippen molar-refractivity contribution in [1.82, 2.24) is 10.2 Å². The van der Waals surface area contributed by atoms with Crippen molar-refractivity contribution < 1.29 is 22.9 Å². The molecule has 3 aromatic rings. The quantitative estimate of drug-likeness (QED) is 0.455. The Morgan fingerprint density at radius 2 is 1.87 bits per heavy atom. The molecule has 1 fully saturated rings. The van der Waals surface area contributed by atoms with E-state index in [0.717, 1.165) is 24.8 Å². The van der Waals surface area contributed by atoms with Crippen molar-refractivity contribution in [3.63, 3.8) is 0 Å². The molecule has 1 N–H and O–H groups in total. The number of nitro groups is 1. The van der Waals surface area contributed by atoms with Crippen LogP contribution in [0.3, 0.4) is 0 Å². The third kappa shape index (κ3) is 4.75. The lowest BCUT2D eigenvalue weighted by Crippen LogP contribution is -2.49. The fraction of sp³-hybridized carbons (Fsp3) is 0.286. The Kier molecular flexibility index (Phi) is 5.99. The maximum Gasteiger partial charge on any atom is 0.433 e. The predicted molar refractivity (Wildman–Crippen MR) is 109 cm³/mol. The zero-order valence-corrected chi connectivity index (χ0v) is 16.6. The molecular weight excluding hydrogens is 407 g/mol. The molecule has 1 atom stereocenters. The van der Waals surface area contributed by atoms with Crippen LogP contribution < -0.4 is 10.2 Å². The van der Waals surface area contributed by atoms with Gasteiger partial charge in [-0.3, -0.25) is 19.8 Å². The van der Waals surface area contributed by atoms with Crippen LogP contribution in [0.25, 0.3) is 0 Å². The largest absolute Gasteiger partial charge is 0.468 e. The highest BCUT2D eigenvalue weighted by atomic mass is 19.1. The SMILES string of the molecule is O=C(NCC(c1ccco1)N1CCN(c2ccc(F)cc2)CC1)c1ccc([N+](=O)[O-])o1. The van der Waals surface area contributed by atoms with Crippen LogP contribution in [0.5, 0.6) is 0 Å². The molecule has 10 heteroatoms. The van der Waals surface area contributed by atoms with Gasteiger partial charge in [-0.2, -0.15) is 0 Å². The third-order valence-corrected chi connectivity index (χ3v) is 5.27. The van der Waals surface area contributed by atoms with Crippen molar-refractivity contribution in [3.8, 4) is 0 Å². The Balaban J connectivity index is 1.40. The number of carbonyl (C=O) groups excluding carboxylic acids is 1.